The molecule has 0 spiro atoms. The van der Waals surface area contributed by atoms with Gasteiger partial charge in [-0.1, -0.05) is 67.9 Å². The molecule has 0 aromatic heterocycles. The van der Waals surface area contributed by atoms with Crippen LogP contribution in [0.4, 0.5) is 5.69 Å². The summed E-state index contributed by atoms with van der Waals surface area (Å²) in [5.74, 6) is 0.844. The summed E-state index contributed by atoms with van der Waals surface area (Å²) in [4.78, 5) is 1.89. The predicted octanol–water partition coefficient (Wildman–Crippen LogP) is 2.18. The van der Waals surface area contributed by atoms with Gasteiger partial charge in [-0.25, -0.2) is 0 Å². The number of ether oxygens (including phenoxy) is 1. The quantitative estimate of drug-likeness (QED) is 0.628. The van der Waals surface area contributed by atoms with Crippen molar-refractivity contribution in [2.24, 2.45) is 0 Å². The molecule has 0 saturated heterocycles. The molecule has 28 heavy (non-hydrogen) atoms. The van der Waals surface area contributed by atoms with Gasteiger partial charge in [0.05, 0.1) is 18.8 Å². The molecule has 4 heteroatoms. The Morgan fingerprint density at radius 3 is 2.46 bits per heavy atom. The summed E-state index contributed by atoms with van der Waals surface area (Å²) >= 11 is 0. The normalized spacial score (nSPS) is 15.9. The first-order valence-electron chi connectivity index (χ1n) is 9.56. The maximum Gasteiger partial charge on any atom is 1.00 e. The zero-order valence-electron chi connectivity index (χ0n) is 16.8. The summed E-state index contributed by atoms with van der Waals surface area (Å²) in [7, 11) is 1.65. The summed E-state index contributed by atoms with van der Waals surface area (Å²) in [6.45, 7) is 2.16. The van der Waals surface area contributed by atoms with Gasteiger partial charge in [0.25, 0.3) is 0 Å². The van der Waals surface area contributed by atoms with Crippen LogP contribution in [0.1, 0.15) is 37.8 Å². The molecule has 1 aliphatic rings. The average Bonchev–Trinajstić information content (AvgIpc) is 2.72. The summed E-state index contributed by atoms with van der Waals surface area (Å²) in [5.41, 5.74) is 3.02. The monoisotopic (exact) mass is 365 g/mol. The molecule has 0 amide bonds. The Bertz CT molecular complexity index is 993. The fourth-order valence-electron chi connectivity index (χ4n) is 3.98. The Morgan fingerprint density at radius 2 is 1.68 bits per heavy atom. The van der Waals surface area contributed by atoms with Gasteiger partial charge in [0, 0.05) is 0 Å². The van der Waals surface area contributed by atoms with E-state index in [4.69, 9.17) is 4.74 Å². The van der Waals surface area contributed by atoms with Crippen LogP contribution in [0, 0.1) is 0 Å². The van der Waals surface area contributed by atoms with Crippen LogP contribution in [0.25, 0.3) is 10.8 Å². The molecule has 0 aliphatic carbocycles. The first kappa shape index (κ1) is 20.4. The molecule has 1 heterocycles. The molecule has 0 N–H and O–H groups in total. The molecule has 138 valence electrons. The van der Waals surface area contributed by atoms with Gasteiger partial charge in [0.1, 0.15) is 5.75 Å². The fraction of sp³-hybridized carbons (Fsp3) is 0.250. The van der Waals surface area contributed by atoms with Crippen molar-refractivity contribution in [1.29, 1.82) is 0 Å². The Morgan fingerprint density at radius 1 is 0.964 bits per heavy atom. The Balaban J connectivity index is 0.00000225. The second kappa shape index (κ2) is 8.77. The third-order valence-electron chi connectivity index (χ3n) is 5.34. The molecule has 0 bridgehead atoms. The minimum absolute atomic E-state index is 0. The van der Waals surface area contributed by atoms with Gasteiger partial charge in [-0.2, -0.15) is 0 Å². The molecule has 1 unspecified atom stereocenters. The summed E-state index contributed by atoms with van der Waals surface area (Å²) in [6.07, 6.45) is 2.95. The average molecular weight is 365 g/mol. The molecule has 0 fully saturated rings. The van der Waals surface area contributed by atoms with Crippen LogP contribution in [0.3, 0.4) is 0 Å². The number of benzene rings is 3. The van der Waals surface area contributed by atoms with Gasteiger partial charge in [-0.15, -0.1) is 0 Å². The largest absolute Gasteiger partial charge is 1.00 e. The second-order valence-corrected chi connectivity index (χ2v) is 6.95. The minimum atomic E-state index is -0.0357. The van der Waals surface area contributed by atoms with E-state index in [-0.39, 0.29) is 30.8 Å². The summed E-state index contributed by atoms with van der Waals surface area (Å²) in [6, 6.07) is 22.5. The van der Waals surface area contributed by atoms with E-state index in [0.29, 0.717) is 0 Å². The van der Waals surface area contributed by atoms with Crippen LogP contribution in [0.5, 0.6) is 5.75 Å². The zero-order valence-corrected chi connectivity index (χ0v) is 16.8. The van der Waals surface area contributed by atoms with Gasteiger partial charge in [-0.3, -0.25) is 0 Å². The van der Waals surface area contributed by atoms with E-state index >= 15 is 0 Å². The van der Waals surface area contributed by atoms with E-state index < -0.39 is 0 Å². The number of fused-ring (bicyclic) bond motifs is 1. The van der Waals surface area contributed by atoms with E-state index in [9.17, 15) is 5.11 Å². The summed E-state index contributed by atoms with van der Waals surface area (Å²) in [5, 5.41) is 15.5. The van der Waals surface area contributed by atoms with E-state index in [0.717, 1.165) is 36.3 Å². The third kappa shape index (κ3) is 3.41. The van der Waals surface area contributed by atoms with Crippen molar-refractivity contribution in [1.82, 2.24) is 0 Å². The van der Waals surface area contributed by atoms with Crippen molar-refractivity contribution in [3.05, 3.63) is 83.7 Å². The van der Waals surface area contributed by atoms with Crippen molar-refractivity contribution < 1.29 is 28.7 Å². The van der Waals surface area contributed by atoms with Crippen LogP contribution in [-0.4, -0.2) is 7.11 Å². The van der Waals surface area contributed by atoms with Crippen LogP contribution >= 0.6 is 0 Å². The minimum Gasteiger partial charge on any atom is -0.860 e. The molecular weight excluding hydrogens is 341 g/mol. The maximum absolute atomic E-state index is 13.1. The smallest absolute Gasteiger partial charge is 0.860 e. The first-order valence-corrected chi connectivity index (χ1v) is 9.56. The molecule has 4 rings (SSSR count). The van der Waals surface area contributed by atoms with Crippen LogP contribution in [0.15, 0.2) is 78.2 Å². The molecule has 1 atom stereocenters. The zero-order chi connectivity index (χ0) is 18.8. The van der Waals surface area contributed by atoms with Gasteiger partial charge < -0.3 is 14.7 Å². The number of hydrogen-bond acceptors (Lipinski definition) is 3. The van der Waals surface area contributed by atoms with E-state index in [2.05, 4.69) is 49.4 Å². The number of anilines is 1. The second-order valence-electron chi connectivity index (χ2n) is 6.95. The van der Waals surface area contributed by atoms with E-state index in [1.165, 1.54) is 16.3 Å². The van der Waals surface area contributed by atoms with Crippen LogP contribution < -0.4 is 33.6 Å². The van der Waals surface area contributed by atoms with Crippen LogP contribution in [-0.2, 0) is 0 Å². The standard InChI is InChI=1S/C24H25NO2.Li/c1-3-4-12-20-23(19-14-9-11-17-10-5-6-13-18(17)19)25(24(20)26)21-15-7-8-16-22(21)27-2;/h5-11,13-16,23,26H,3-4,12H2,1-2H3;/q;+1/p-1. The van der Waals surface area contributed by atoms with Crippen LogP contribution in [0.2, 0.25) is 0 Å². The number of unbranched alkanes of at least 4 members (excludes halogenated alkanes) is 1. The van der Waals surface area contributed by atoms with Crippen molar-refractivity contribution >= 4 is 16.5 Å². The number of hydrogen-bond donors (Lipinski definition) is 0. The number of para-hydroxylation sites is 2. The molecule has 0 radical (unpaired) electrons. The SMILES string of the molecule is CCCCC1=C([O-])N(c2ccccc2OC)C1c1cccc2ccccc12.[Li+]. The third-order valence-corrected chi connectivity index (χ3v) is 5.34. The first-order chi connectivity index (χ1) is 13.3. The van der Waals surface area contributed by atoms with Gasteiger partial charge in [0.2, 0.25) is 0 Å². The molecule has 0 saturated carbocycles. The topological polar surface area (TPSA) is 35.5 Å². The molecule has 1 aliphatic heterocycles. The number of methoxy groups -OCH3 is 1. The van der Waals surface area contributed by atoms with Gasteiger partial charge >= 0.3 is 18.9 Å². The maximum atomic E-state index is 13.1. The predicted molar refractivity (Wildman–Crippen MR) is 109 cm³/mol. The van der Waals surface area contributed by atoms with Crippen molar-refractivity contribution in [3.8, 4) is 5.75 Å². The Kier molecular flexibility index (Phi) is 6.39. The van der Waals surface area contributed by atoms with E-state index in [1.54, 1.807) is 7.11 Å². The summed E-state index contributed by atoms with van der Waals surface area (Å²) < 4.78 is 5.54. The van der Waals surface area contributed by atoms with Gasteiger partial charge in [0.15, 0.2) is 0 Å². The number of rotatable bonds is 6. The molecule has 3 nitrogen and oxygen atoms in total. The van der Waals surface area contributed by atoms with Crippen molar-refractivity contribution in [3.63, 3.8) is 0 Å². The number of nitrogens with zero attached hydrogens (tertiary/aromatic N) is 1. The van der Waals surface area contributed by atoms with Crippen molar-refractivity contribution in [2.45, 2.75) is 32.2 Å². The Hall–Kier alpha value is -2.34. The molecule has 3 aromatic carbocycles. The molecular formula is C24H24LiNO2. The van der Waals surface area contributed by atoms with E-state index in [1.807, 2.05) is 29.2 Å². The molecule has 3 aromatic rings. The fourth-order valence-corrected chi connectivity index (χ4v) is 3.98. The Labute approximate surface area is 178 Å². The van der Waals surface area contributed by atoms with Crippen molar-refractivity contribution in [2.75, 3.05) is 12.0 Å². The van der Waals surface area contributed by atoms with Gasteiger partial charge in [-0.05, 0) is 52.8 Å².